The second kappa shape index (κ2) is 9.90. The predicted octanol–water partition coefficient (Wildman–Crippen LogP) is 3.35. The first kappa shape index (κ1) is 15.0. The van der Waals surface area contributed by atoms with Gasteiger partial charge in [0.1, 0.15) is 0 Å². The lowest BCUT2D eigenvalue weighted by Gasteiger charge is -2.26. The van der Waals surface area contributed by atoms with E-state index in [9.17, 15) is 0 Å². The molecule has 0 aliphatic heterocycles. The van der Waals surface area contributed by atoms with Crippen molar-refractivity contribution in [1.82, 2.24) is 5.32 Å². The van der Waals surface area contributed by atoms with Crippen molar-refractivity contribution in [3.05, 3.63) is 0 Å². The van der Waals surface area contributed by atoms with E-state index in [2.05, 4.69) is 12.2 Å². The Labute approximate surface area is 107 Å². The Kier molecular flexibility index (Phi) is 8.72. The minimum absolute atomic E-state index is 0.355. The highest BCUT2D eigenvalue weighted by Gasteiger charge is 2.17. The molecule has 0 saturated heterocycles. The number of hydrogen-bond acceptors (Lipinski definition) is 2. The number of aliphatic hydroxyl groups is 1. The molecule has 1 saturated carbocycles. The van der Waals surface area contributed by atoms with Gasteiger partial charge in [-0.2, -0.15) is 0 Å². The third kappa shape index (κ3) is 7.77. The number of aliphatic hydroxyl groups excluding tert-OH is 1. The Morgan fingerprint density at radius 1 is 0.941 bits per heavy atom. The Hall–Kier alpha value is -0.0800. The first-order valence-corrected chi connectivity index (χ1v) is 7.64. The molecule has 0 amide bonds. The summed E-state index contributed by atoms with van der Waals surface area (Å²) >= 11 is 0. The van der Waals surface area contributed by atoms with Crippen LogP contribution in [-0.2, 0) is 0 Å². The van der Waals surface area contributed by atoms with E-state index in [0.29, 0.717) is 6.61 Å². The molecule has 0 spiro atoms. The zero-order valence-corrected chi connectivity index (χ0v) is 11.6. The van der Waals surface area contributed by atoms with Crippen LogP contribution in [0.2, 0.25) is 0 Å². The van der Waals surface area contributed by atoms with Gasteiger partial charge in [0.2, 0.25) is 0 Å². The SMILES string of the molecule is CC1CCC(CCNCCCCCCO)CC1. The lowest BCUT2D eigenvalue weighted by Crippen LogP contribution is -2.21. The summed E-state index contributed by atoms with van der Waals surface area (Å²) in [7, 11) is 0. The molecular weight excluding hydrogens is 210 g/mol. The lowest BCUT2D eigenvalue weighted by molar-refractivity contribution is 0.274. The molecule has 2 N–H and O–H groups in total. The van der Waals surface area contributed by atoms with Crippen molar-refractivity contribution in [3.63, 3.8) is 0 Å². The minimum atomic E-state index is 0.355. The second-order valence-corrected chi connectivity index (χ2v) is 5.80. The van der Waals surface area contributed by atoms with E-state index in [-0.39, 0.29) is 0 Å². The highest BCUT2D eigenvalue weighted by molar-refractivity contribution is 4.70. The van der Waals surface area contributed by atoms with Gasteiger partial charge in [-0.1, -0.05) is 45.4 Å². The van der Waals surface area contributed by atoms with Gasteiger partial charge in [-0.3, -0.25) is 0 Å². The van der Waals surface area contributed by atoms with Crippen molar-refractivity contribution < 1.29 is 5.11 Å². The van der Waals surface area contributed by atoms with Crippen LogP contribution in [0.25, 0.3) is 0 Å². The van der Waals surface area contributed by atoms with E-state index in [1.54, 1.807) is 0 Å². The van der Waals surface area contributed by atoms with Crippen LogP contribution in [0.3, 0.4) is 0 Å². The van der Waals surface area contributed by atoms with E-state index in [0.717, 1.165) is 24.8 Å². The summed E-state index contributed by atoms with van der Waals surface area (Å²) in [4.78, 5) is 0. The number of unbranched alkanes of at least 4 members (excludes halogenated alkanes) is 3. The average Bonchev–Trinajstić information content (AvgIpc) is 2.35. The zero-order chi connectivity index (χ0) is 12.3. The summed E-state index contributed by atoms with van der Waals surface area (Å²) in [5, 5.41) is 12.2. The van der Waals surface area contributed by atoms with Crippen molar-refractivity contribution in [2.24, 2.45) is 11.8 Å². The first-order chi connectivity index (χ1) is 8.33. The maximum Gasteiger partial charge on any atom is 0.0431 e. The molecule has 0 aromatic rings. The summed E-state index contributed by atoms with van der Waals surface area (Å²) in [6, 6.07) is 0. The molecule has 2 nitrogen and oxygen atoms in total. The van der Waals surface area contributed by atoms with Gasteiger partial charge in [0.25, 0.3) is 0 Å². The van der Waals surface area contributed by atoms with Crippen LogP contribution in [0.5, 0.6) is 0 Å². The third-order valence-corrected chi connectivity index (χ3v) is 4.13. The molecule has 0 aromatic heterocycles. The molecule has 0 unspecified atom stereocenters. The molecule has 1 aliphatic rings. The molecule has 0 aromatic carbocycles. The van der Waals surface area contributed by atoms with Gasteiger partial charge in [-0.25, -0.2) is 0 Å². The monoisotopic (exact) mass is 241 g/mol. The molecule has 0 atom stereocenters. The van der Waals surface area contributed by atoms with E-state index in [4.69, 9.17) is 5.11 Å². The molecule has 0 bridgehead atoms. The molecule has 2 heteroatoms. The van der Waals surface area contributed by atoms with Crippen LogP contribution in [0, 0.1) is 11.8 Å². The van der Waals surface area contributed by atoms with Crippen LogP contribution in [0.1, 0.15) is 64.7 Å². The molecule has 1 fully saturated rings. The Morgan fingerprint density at radius 3 is 2.35 bits per heavy atom. The topological polar surface area (TPSA) is 32.3 Å². The smallest absolute Gasteiger partial charge is 0.0431 e. The predicted molar refractivity (Wildman–Crippen MR) is 74.2 cm³/mol. The largest absolute Gasteiger partial charge is 0.396 e. The summed E-state index contributed by atoms with van der Waals surface area (Å²) < 4.78 is 0. The van der Waals surface area contributed by atoms with E-state index in [1.165, 1.54) is 57.9 Å². The molecule has 1 rings (SSSR count). The fraction of sp³-hybridized carbons (Fsp3) is 1.00. The van der Waals surface area contributed by atoms with Crippen LogP contribution < -0.4 is 5.32 Å². The highest BCUT2D eigenvalue weighted by atomic mass is 16.2. The molecule has 0 heterocycles. The van der Waals surface area contributed by atoms with Crippen molar-refractivity contribution in [2.75, 3.05) is 19.7 Å². The van der Waals surface area contributed by atoms with Crippen LogP contribution in [-0.4, -0.2) is 24.8 Å². The van der Waals surface area contributed by atoms with Gasteiger partial charge in [0.05, 0.1) is 0 Å². The first-order valence-electron chi connectivity index (χ1n) is 7.64. The summed E-state index contributed by atoms with van der Waals surface area (Å²) in [6.07, 6.45) is 11.9. The summed E-state index contributed by atoms with van der Waals surface area (Å²) in [5.74, 6) is 1.97. The Bertz CT molecular complexity index is 164. The van der Waals surface area contributed by atoms with E-state index in [1.807, 2.05) is 0 Å². The van der Waals surface area contributed by atoms with Crippen molar-refractivity contribution in [3.8, 4) is 0 Å². The Morgan fingerprint density at radius 2 is 1.65 bits per heavy atom. The number of hydrogen-bond donors (Lipinski definition) is 2. The van der Waals surface area contributed by atoms with Gasteiger partial charge < -0.3 is 10.4 Å². The fourth-order valence-electron chi connectivity index (χ4n) is 2.76. The molecular formula is C15H31NO. The number of nitrogens with one attached hydrogen (secondary N) is 1. The van der Waals surface area contributed by atoms with E-state index < -0.39 is 0 Å². The zero-order valence-electron chi connectivity index (χ0n) is 11.6. The lowest BCUT2D eigenvalue weighted by atomic mass is 9.81. The maximum atomic E-state index is 8.65. The molecule has 17 heavy (non-hydrogen) atoms. The third-order valence-electron chi connectivity index (χ3n) is 4.13. The minimum Gasteiger partial charge on any atom is -0.396 e. The normalized spacial score (nSPS) is 25.1. The van der Waals surface area contributed by atoms with Gasteiger partial charge in [-0.15, -0.1) is 0 Å². The summed E-state index contributed by atoms with van der Waals surface area (Å²) in [6.45, 7) is 5.11. The van der Waals surface area contributed by atoms with Crippen molar-refractivity contribution >= 4 is 0 Å². The fourth-order valence-corrected chi connectivity index (χ4v) is 2.76. The standard InChI is InChI=1S/C15H31NO/c1-14-6-8-15(9-7-14)10-12-16-11-4-2-3-5-13-17/h14-17H,2-13H2,1H3. The van der Waals surface area contributed by atoms with Crippen LogP contribution in [0.15, 0.2) is 0 Å². The maximum absolute atomic E-state index is 8.65. The summed E-state index contributed by atoms with van der Waals surface area (Å²) in [5.41, 5.74) is 0. The van der Waals surface area contributed by atoms with Crippen molar-refractivity contribution in [2.45, 2.75) is 64.7 Å². The van der Waals surface area contributed by atoms with Gasteiger partial charge in [0, 0.05) is 6.61 Å². The molecule has 1 aliphatic carbocycles. The Balaban J connectivity index is 1.81. The highest BCUT2D eigenvalue weighted by Crippen LogP contribution is 2.29. The van der Waals surface area contributed by atoms with Crippen LogP contribution >= 0.6 is 0 Å². The van der Waals surface area contributed by atoms with Gasteiger partial charge >= 0.3 is 0 Å². The van der Waals surface area contributed by atoms with Gasteiger partial charge in [-0.05, 0) is 44.2 Å². The number of rotatable bonds is 9. The molecule has 102 valence electrons. The van der Waals surface area contributed by atoms with Crippen molar-refractivity contribution in [1.29, 1.82) is 0 Å². The second-order valence-electron chi connectivity index (χ2n) is 5.80. The van der Waals surface area contributed by atoms with Crippen LogP contribution in [0.4, 0.5) is 0 Å². The molecule has 0 radical (unpaired) electrons. The van der Waals surface area contributed by atoms with Gasteiger partial charge in [0.15, 0.2) is 0 Å². The average molecular weight is 241 g/mol. The van der Waals surface area contributed by atoms with E-state index >= 15 is 0 Å². The quantitative estimate of drug-likeness (QED) is 0.607.